The number of hydrogen-bond donors (Lipinski definition) is 1. The van der Waals surface area contributed by atoms with Crippen LogP contribution in [-0.4, -0.2) is 41.2 Å². The van der Waals surface area contributed by atoms with E-state index in [1.54, 1.807) is 23.0 Å². The molecule has 3 aromatic rings. The lowest BCUT2D eigenvalue weighted by molar-refractivity contribution is 0.0942. The van der Waals surface area contributed by atoms with Gasteiger partial charge in [-0.1, -0.05) is 35.3 Å². The predicted molar refractivity (Wildman–Crippen MR) is 109 cm³/mol. The number of carbonyl (C=O) groups is 1. The lowest BCUT2D eigenvalue weighted by atomic mass is 10.1. The average Bonchev–Trinajstić information content (AvgIpc) is 3.16. The summed E-state index contributed by atoms with van der Waals surface area (Å²) in [6.45, 7) is 0.425. The highest BCUT2D eigenvalue weighted by Crippen LogP contribution is 2.22. The number of hydrogen-bond acceptors (Lipinski definition) is 3. The number of halogens is 2. The van der Waals surface area contributed by atoms with Crippen molar-refractivity contribution in [3.8, 4) is 5.69 Å². The van der Waals surface area contributed by atoms with Gasteiger partial charge in [-0.25, -0.2) is 4.68 Å². The highest BCUT2D eigenvalue weighted by molar-refractivity contribution is 6.34. The summed E-state index contributed by atoms with van der Waals surface area (Å²) in [6.07, 6.45) is 3.49. The Morgan fingerprint density at radius 3 is 2.67 bits per heavy atom. The van der Waals surface area contributed by atoms with Crippen molar-refractivity contribution in [2.75, 3.05) is 20.6 Å². The van der Waals surface area contributed by atoms with Crippen LogP contribution in [0.2, 0.25) is 10.0 Å². The number of likely N-dealkylation sites (N-methyl/N-ethyl adjacent to an activating group) is 1. The fourth-order valence-electron chi connectivity index (χ4n) is 2.85. The zero-order valence-corrected chi connectivity index (χ0v) is 16.6. The molecule has 5 nitrogen and oxygen atoms in total. The number of carbonyl (C=O) groups excluding carboxylic acids is 1. The number of nitrogens with zero attached hydrogens (tertiary/aromatic N) is 3. The van der Waals surface area contributed by atoms with Crippen LogP contribution in [0.15, 0.2) is 60.9 Å². The molecule has 1 aromatic heterocycles. The maximum Gasteiger partial charge on any atom is 0.252 e. The zero-order chi connectivity index (χ0) is 19.4. The standard InChI is InChI=1S/C20H20Cl2N4O/c1-25(2)19(14-5-3-6-15(21)11-14)13-23-20(27)17-12-16(7-8-18(17)22)26-10-4-9-24-26/h3-12,19H,13H2,1-2H3,(H,23,27). The number of benzene rings is 2. The van der Waals surface area contributed by atoms with E-state index in [1.165, 1.54) is 0 Å². The van der Waals surface area contributed by atoms with Crippen LogP contribution in [0.4, 0.5) is 0 Å². The molecule has 0 spiro atoms. The Labute approximate surface area is 168 Å². The molecule has 140 valence electrons. The molecule has 0 aliphatic heterocycles. The largest absolute Gasteiger partial charge is 0.350 e. The van der Waals surface area contributed by atoms with E-state index in [9.17, 15) is 4.79 Å². The van der Waals surface area contributed by atoms with Crippen molar-refractivity contribution < 1.29 is 4.79 Å². The van der Waals surface area contributed by atoms with E-state index in [2.05, 4.69) is 10.4 Å². The molecule has 1 atom stereocenters. The molecule has 0 saturated carbocycles. The van der Waals surface area contributed by atoms with Crippen LogP contribution in [0.5, 0.6) is 0 Å². The summed E-state index contributed by atoms with van der Waals surface area (Å²) in [5, 5.41) is 8.22. The Morgan fingerprint density at radius 1 is 1.19 bits per heavy atom. The van der Waals surface area contributed by atoms with Gasteiger partial charge in [0.05, 0.1) is 22.3 Å². The first-order valence-electron chi connectivity index (χ1n) is 8.45. The van der Waals surface area contributed by atoms with E-state index in [-0.39, 0.29) is 11.9 Å². The number of nitrogens with one attached hydrogen (secondary N) is 1. The van der Waals surface area contributed by atoms with Crippen LogP contribution in [-0.2, 0) is 0 Å². The third kappa shape index (κ3) is 4.69. The van der Waals surface area contributed by atoms with Crippen molar-refractivity contribution in [3.05, 3.63) is 82.1 Å². The first-order chi connectivity index (χ1) is 13.0. The number of rotatable bonds is 6. The van der Waals surface area contributed by atoms with Gasteiger partial charge in [-0.15, -0.1) is 0 Å². The number of amides is 1. The van der Waals surface area contributed by atoms with Crippen molar-refractivity contribution in [1.29, 1.82) is 0 Å². The van der Waals surface area contributed by atoms with Crippen molar-refractivity contribution in [2.45, 2.75) is 6.04 Å². The molecule has 1 N–H and O–H groups in total. The van der Waals surface area contributed by atoms with E-state index < -0.39 is 0 Å². The van der Waals surface area contributed by atoms with E-state index in [0.29, 0.717) is 22.2 Å². The molecule has 1 unspecified atom stereocenters. The molecule has 0 aliphatic carbocycles. The fourth-order valence-corrected chi connectivity index (χ4v) is 3.25. The van der Waals surface area contributed by atoms with E-state index in [1.807, 2.05) is 61.6 Å². The van der Waals surface area contributed by atoms with Gasteiger partial charge in [0.15, 0.2) is 0 Å². The molecule has 0 fully saturated rings. The normalized spacial score (nSPS) is 12.2. The second-order valence-corrected chi connectivity index (χ2v) is 7.20. The van der Waals surface area contributed by atoms with Crippen molar-refractivity contribution in [2.24, 2.45) is 0 Å². The van der Waals surface area contributed by atoms with Crippen molar-refractivity contribution in [3.63, 3.8) is 0 Å². The third-order valence-electron chi connectivity index (χ3n) is 4.28. The maximum absolute atomic E-state index is 12.7. The maximum atomic E-state index is 12.7. The number of aromatic nitrogens is 2. The molecule has 27 heavy (non-hydrogen) atoms. The topological polar surface area (TPSA) is 50.2 Å². The Bertz CT molecular complexity index is 925. The van der Waals surface area contributed by atoms with Crippen LogP contribution >= 0.6 is 23.2 Å². The van der Waals surface area contributed by atoms with Crippen molar-refractivity contribution in [1.82, 2.24) is 20.0 Å². The van der Waals surface area contributed by atoms with Gasteiger partial charge in [0.2, 0.25) is 0 Å². The van der Waals surface area contributed by atoms with Gasteiger partial charge in [-0.3, -0.25) is 4.79 Å². The van der Waals surface area contributed by atoms with Gasteiger partial charge in [0.25, 0.3) is 5.91 Å². The van der Waals surface area contributed by atoms with Crippen LogP contribution < -0.4 is 5.32 Å². The molecule has 0 aliphatic rings. The summed E-state index contributed by atoms with van der Waals surface area (Å²) in [6, 6.07) is 14.7. The fraction of sp³-hybridized carbons (Fsp3) is 0.200. The predicted octanol–water partition coefficient (Wildman–Crippen LogP) is 4.21. The second-order valence-electron chi connectivity index (χ2n) is 6.36. The minimum absolute atomic E-state index is 0.0132. The van der Waals surface area contributed by atoms with Crippen LogP contribution in [0.3, 0.4) is 0 Å². The highest BCUT2D eigenvalue weighted by Gasteiger charge is 2.18. The minimum Gasteiger partial charge on any atom is -0.350 e. The Hall–Kier alpha value is -2.34. The summed E-state index contributed by atoms with van der Waals surface area (Å²) in [5.41, 5.74) is 2.21. The Kier molecular flexibility index (Phi) is 6.16. The van der Waals surface area contributed by atoms with Gasteiger partial charge < -0.3 is 10.2 Å². The summed E-state index contributed by atoms with van der Waals surface area (Å²) in [7, 11) is 3.92. The lowest BCUT2D eigenvalue weighted by Gasteiger charge is -2.25. The molecule has 7 heteroatoms. The van der Waals surface area contributed by atoms with Gasteiger partial charge in [0.1, 0.15) is 0 Å². The molecule has 2 aromatic carbocycles. The smallest absolute Gasteiger partial charge is 0.252 e. The highest BCUT2D eigenvalue weighted by atomic mass is 35.5. The lowest BCUT2D eigenvalue weighted by Crippen LogP contribution is -2.34. The molecule has 0 saturated heterocycles. The summed E-state index contributed by atoms with van der Waals surface area (Å²) >= 11 is 12.4. The van der Waals surface area contributed by atoms with Gasteiger partial charge in [0, 0.05) is 24.0 Å². The van der Waals surface area contributed by atoms with Gasteiger partial charge >= 0.3 is 0 Å². The summed E-state index contributed by atoms with van der Waals surface area (Å²) < 4.78 is 1.68. The molecule has 0 radical (unpaired) electrons. The molecule has 1 amide bonds. The van der Waals surface area contributed by atoms with Crippen LogP contribution in [0, 0.1) is 0 Å². The van der Waals surface area contributed by atoms with E-state index >= 15 is 0 Å². The minimum atomic E-state index is -0.233. The SMILES string of the molecule is CN(C)C(CNC(=O)c1cc(-n2cccn2)ccc1Cl)c1cccc(Cl)c1. The summed E-state index contributed by atoms with van der Waals surface area (Å²) in [4.78, 5) is 14.8. The zero-order valence-electron chi connectivity index (χ0n) is 15.1. The molecule has 3 rings (SSSR count). The third-order valence-corrected chi connectivity index (χ3v) is 4.84. The second kappa shape index (κ2) is 8.57. The first-order valence-corrected chi connectivity index (χ1v) is 9.21. The average molecular weight is 403 g/mol. The quantitative estimate of drug-likeness (QED) is 0.671. The first kappa shape index (κ1) is 19.4. The van der Waals surface area contributed by atoms with Crippen molar-refractivity contribution >= 4 is 29.1 Å². The molecular formula is C20H20Cl2N4O. The monoisotopic (exact) mass is 402 g/mol. The summed E-state index contributed by atoms with van der Waals surface area (Å²) in [5.74, 6) is -0.233. The molecule has 1 heterocycles. The molecule has 0 bridgehead atoms. The molecular weight excluding hydrogens is 383 g/mol. The Morgan fingerprint density at radius 2 is 2.00 bits per heavy atom. The Balaban J connectivity index is 1.77. The van der Waals surface area contributed by atoms with E-state index in [4.69, 9.17) is 23.2 Å². The van der Waals surface area contributed by atoms with Gasteiger partial charge in [-0.05, 0) is 56.1 Å². The van der Waals surface area contributed by atoms with E-state index in [0.717, 1.165) is 11.3 Å². The van der Waals surface area contributed by atoms with Gasteiger partial charge in [-0.2, -0.15) is 5.10 Å². The van der Waals surface area contributed by atoms with Crippen LogP contribution in [0.25, 0.3) is 5.69 Å². The van der Waals surface area contributed by atoms with Crippen LogP contribution in [0.1, 0.15) is 22.0 Å².